The molecule has 2 rings (SSSR count). The van der Waals surface area contributed by atoms with Gasteiger partial charge in [-0.1, -0.05) is 0 Å². The molecule has 0 unspecified atom stereocenters. The van der Waals surface area contributed by atoms with Gasteiger partial charge in [0.25, 0.3) is 10.2 Å². The van der Waals surface area contributed by atoms with Crippen LogP contribution in [-0.4, -0.2) is 67.7 Å². The zero-order chi connectivity index (χ0) is 18.3. The van der Waals surface area contributed by atoms with Crippen LogP contribution in [0.2, 0.25) is 0 Å². The smallest absolute Gasteiger partial charge is 0.353 e. The number of nitrogens with two attached hydrogens (primary N) is 1. The first-order valence-corrected chi connectivity index (χ1v) is 10.0. The Balaban J connectivity index is 2.28. The lowest BCUT2D eigenvalue weighted by atomic mass is 9.90. The lowest BCUT2D eigenvalue weighted by molar-refractivity contribution is 0.0686. The van der Waals surface area contributed by atoms with E-state index in [0.717, 1.165) is 10.5 Å². The average molecular weight is 380 g/mol. The molecular weight excluding hydrogens is 360 g/mol. The number of rotatable bonds is 5. The van der Waals surface area contributed by atoms with Crippen LogP contribution in [-0.2, 0) is 20.4 Å². The van der Waals surface area contributed by atoms with Crippen LogP contribution in [0.1, 0.15) is 34.8 Å². The summed E-state index contributed by atoms with van der Waals surface area (Å²) in [5.41, 5.74) is -0.0511. The quantitative estimate of drug-likeness (QED) is 0.686. The fourth-order valence-corrected chi connectivity index (χ4v) is 4.62. The van der Waals surface area contributed by atoms with E-state index in [-0.39, 0.29) is 19.0 Å². The Morgan fingerprint density at radius 3 is 2.21 bits per heavy atom. The van der Waals surface area contributed by atoms with Gasteiger partial charge in [-0.15, -0.1) is 0 Å². The Morgan fingerprint density at radius 1 is 1.25 bits per heavy atom. The number of hydrogen-bond donors (Lipinski definition) is 2. The maximum Gasteiger partial charge on any atom is 0.353 e. The monoisotopic (exact) mass is 380 g/mol. The van der Waals surface area contributed by atoms with E-state index in [1.54, 1.807) is 0 Å². The summed E-state index contributed by atoms with van der Waals surface area (Å²) in [6.07, 6.45) is 1.89. The number of aromatic carboxylic acids is 1. The van der Waals surface area contributed by atoms with Crippen molar-refractivity contribution in [3.8, 4) is 0 Å². The SMILES string of the molecule is CN(C)S(=O)(=O)N1CCC(c2ccn(S(N)(=O)=O)c2C(=O)O)CC1. The molecule has 0 aromatic carbocycles. The minimum Gasteiger partial charge on any atom is -0.477 e. The summed E-state index contributed by atoms with van der Waals surface area (Å²) >= 11 is 0. The third kappa shape index (κ3) is 3.47. The predicted octanol–water partition coefficient (Wildman–Crippen LogP) is -0.776. The van der Waals surface area contributed by atoms with Gasteiger partial charge in [0.05, 0.1) is 0 Å². The molecule has 1 aromatic heterocycles. The summed E-state index contributed by atoms with van der Waals surface area (Å²) in [7, 11) is -4.86. The number of carboxylic acid groups (broad SMARTS) is 1. The molecule has 0 atom stereocenters. The van der Waals surface area contributed by atoms with Crippen LogP contribution in [0, 0.1) is 0 Å². The van der Waals surface area contributed by atoms with E-state index in [4.69, 9.17) is 5.14 Å². The number of piperidine rings is 1. The topological polar surface area (TPSA) is 143 Å². The molecule has 0 spiro atoms. The molecule has 1 fully saturated rings. The number of nitrogens with zero attached hydrogens (tertiary/aromatic N) is 3. The molecule has 1 saturated heterocycles. The molecule has 0 bridgehead atoms. The van der Waals surface area contributed by atoms with Crippen LogP contribution in [0.4, 0.5) is 0 Å². The molecule has 0 saturated carbocycles. The van der Waals surface area contributed by atoms with Crippen molar-refractivity contribution < 1.29 is 26.7 Å². The molecule has 1 aliphatic heterocycles. The molecule has 24 heavy (non-hydrogen) atoms. The molecule has 0 radical (unpaired) electrons. The second-order valence-corrected chi connectivity index (χ2v) is 9.29. The van der Waals surface area contributed by atoms with E-state index in [1.807, 2.05) is 0 Å². The summed E-state index contributed by atoms with van der Waals surface area (Å²) in [5.74, 6) is -1.65. The highest BCUT2D eigenvalue weighted by atomic mass is 32.2. The van der Waals surface area contributed by atoms with E-state index >= 15 is 0 Å². The number of carbonyl (C=O) groups is 1. The van der Waals surface area contributed by atoms with Gasteiger partial charge in [-0.05, 0) is 30.4 Å². The van der Waals surface area contributed by atoms with E-state index in [2.05, 4.69) is 0 Å². The van der Waals surface area contributed by atoms with Crippen LogP contribution in [0.25, 0.3) is 0 Å². The van der Waals surface area contributed by atoms with Crippen molar-refractivity contribution in [2.75, 3.05) is 27.2 Å². The van der Waals surface area contributed by atoms with E-state index in [0.29, 0.717) is 22.4 Å². The highest BCUT2D eigenvalue weighted by molar-refractivity contribution is 7.87. The first kappa shape index (κ1) is 18.9. The lowest BCUT2D eigenvalue weighted by Crippen LogP contribution is -2.44. The Labute approximate surface area is 140 Å². The van der Waals surface area contributed by atoms with Crippen molar-refractivity contribution in [3.05, 3.63) is 23.5 Å². The van der Waals surface area contributed by atoms with Crippen molar-refractivity contribution in [1.29, 1.82) is 0 Å². The molecule has 1 aromatic rings. The summed E-state index contributed by atoms with van der Waals surface area (Å²) < 4.78 is 50.2. The summed E-state index contributed by atoms with van der Waals surface area (Å²) in [4.78, 5) is 11.5. The van der Waals surface area contributed by atoms with Crippen molar-refractivity contribution in [2.24, 2.45) is 5.14 Å². The Hall–Kier alpha value is -1.47. The van der Waals surface area contributed by atoms with Crippen molar-refractivity contribution in [1.82, 2.24) is 12.6 Å². The second kappa shape index (κ2) is 6.44. The minimum absolute atomic E-state index is 0.227. The van der Waals surface area contributed by atoms with Crippen molar-refractivity contribution in [2.45, 2.75) is 18.8 Å². The van der Waals surface area contributed by atoms with Gasteiger partial charge in [-0.3, -0.25) is 0 Å². The lowest BCUT2D eigenvalue weighted by Gasteiger charge is -2.32. The summed E-state index contributed by atoms with van der Waals surface area (Å²) in [6.45, 7) is 0.454. The molecular formula is C12H20N4O6S2. The van der Waals surface area contributed by atoms with Gasteiger partial charge in [0.1, 0.15) is 5.69 Å². The predicted molar refractivity (Wildman–Crippen MR) is 86.1 cm³/mol. The van der Waals surface area contributed by atoms with Gasteiger partial charge in [0.2, 0.25) is 0 Å². The molecule has 3 N–H and O–H groups in total. The Kier molecular flexibility index (Phi) is 5.06. The average Bonchev–Trinajstić information content (AvgIpc) is 2.92. The van der Waals surface area contributed by atoms with Gasteiger partial charge in [-0.2, -0.15) is 25.4 Å². The van der Waals surface area contributed by atoms with E-state index in [9.17, 15) is 26.7 Å². The number of hydrogen-bond acceptors (Lipinski definition) is 5. The number of aromatic nitrogens is 1. The van der Waals surface area contributed by atoms with Crippen LogP contribution in [0.3, 0.4) is 0 Å². The van der Waals surface area contributed by atoms with Gasteiger partial charge in [0, 0.05) is 33.4 Å². The Bertz CT molecular complexity index is 835. The molecule has 0 aliphatic carbocycles. The number of carboxylic acids is 1. The Morgan fingerprint density at radius 2 is 1.79 bits per heavy atom. The zero-order valence-corrected chi connectivity index (χ0v) is 14.9. The normalized spacial score (nSPS) is 18.2. The van der Waals surface area contributed by atoms with Gasteiger partial charge >= 0.3 is 16.2 Å². The highest BCUT2D eigenvalue weighted by Gasteiger charge is 2.33. The third-order valence-corrected chi connectivity index (χ3v) is 6.83. The van der Waals surface area contributed by atoms with Gasteiger partial charge < -0.3 is 5.11 Å². The molecule has 12 heteroatoms. The van der Waals surface area contributed by atoms with Gasteiger partial charge in [0.15, 0.2) is 0 Å². The summed E-state index contributed by atoms with van der Waals surface area (Å²) in [5, 5.41) is 14.4. The fourth-order valence-electron chi connectivity index (χ4n) is 2.82. The fraction of sp³-hybridized carbons (Fsp3) is 0.583. The molecule has 2 heterocycles. The van der Waals surface area contributed by atoms with E-state index in [1.165, 1.54) is 24.5 Å². The van der Waals surface area contributed by atoms with Crippen molar-refractivity contribution in [3.63, 3.8) is 0 Å². The van der Waals surface area contributed by atoms with Crippen LogP contribution >= 0.6 is 0 Å². The molecule has 1 aliphatic rings. The molecule has 10 nitrogen and oxygen atoms in total. The zero-order valence-electron chi connectivity index (χ0n) is 13.3. The minimum atomic E-state index is -4.22. The first-order chi connectivity index (χ1) is 11.0. The first-order valence-electron chi connectivity index (χ1n) is 7.11. The molecule has 0 amide bonds. The van der Waals surface area contributed by atoms with Gasteiger partial charge in [-0.25, -0.2) is 13.9 Å². The largest absolute Gasteiger partial charge is 0.477 e. The second-order valence-electron chi connectivity index (χ2n) is 5.73. The highest BCUT2D eigenvalue weighted by Crippen LogP contribution is 2.32. The van der Waals surface area contributed by atoms with Crippen LogP contribution < -0.4 is 5.14 Å². The van der Waals surface area contributed by atoms with Crippen LogP contribution in [0.15, 0.2) is 12.3 Å². The summed E-state index contributed by atoms with van der Waals surface area (Å²) in [6, 6.07) is 1.41. The van der Waals surface area contributed by atoms with E-state index < -0.39 is 32.1 Å². The van der Waals surface area contributed by atoms with Crippen LogP contribution in [0.5, 0.6) is 0 Å². The maximum atomic E-state index is 12.1. The molecule has 136 valence electrons. The standard InChI is InChI=1S/C12H20N4O6S2/c1-14(2)24(21,22)15-6-3-9(4-7-15)10-5-8-16(23(13,19)20)11(10)12(17)18/h5,8-9H,3-4,6-7H2,1-2H3,(H,17,18)(H2,13,19,20). The third-order valence-electron chi connectivity index (χ3n) is 4.04. The maximum absolute atomic E-state index is 12.1. The van der Waals surface area contributed by atoms with Crippen molar-refractivity contribution >= 4 is 26.4 Å².